The normalized spacial score (nSPS) is 28.3. The van der Waals surface area contributed by atoms with Crippen LogP contribution in [0.15, 0.2) is 42.5 Å². The Morgan fingerprint density at radius 2 is 1.89 bits per heavy atom. The minimum atomic E-state index is -1.14. The number of aliphatic carboxylic acids is 1. The molecule has 5 atom stereocenters. The molecule has 0 aromatic heterocycles. The van der Waals surface area contributed by atoms with E-state index >= 15 is 0 Å². The van der Waals surface area contributed by atoms with E-state index in [0.717, 1.165) is 16.3 Å². The van der Waals surface area contributed by atoms with Gasteiger partial charge in [0.25, 0.3) is 0 Å². The van der Waals surface area contributed by atoms with Gasteiger partial charge in [-0.15, -0.1) is 0 Å². The maximum absolute atomic E-state index is 10.8. The molecule has 1 unspecified atom stereocenters. The molecule has 1 aliphatic rings. The first-order chi connectivity index (χ1) is 13.0. The zero-order valence-electron chi connectivity index (χ0n) is 15.0. The molecule has 0 spiro atoms. The Bertz CT molecular complexity index is 773. The number of carboxylic acid groups (broad SMARTS) is 1. The van der Waals surface area contributed by atoms with Gasteiger partial charge in [0.1, 0.15) is 18.8 Å². The highest BCUT2D eigenvalue weighted by Crippen LogP contribution is 2.30. The van der Waals surface area contributed by atoms with Crippen molar-refractivity contribution in [2.45, 2.75) is 38.1 Å². The number of benzene rings is 2. The highest BCUT2D eigenvalue weighted by atomic mass is 16.7. The largest absolute Gasteiger partial charge is 0.480 e. The molecule has 2 aromatic rings. The van der Waals surface area contributed by atoms with Crippen molar-refractivity contribution in [1.82, 2.24) is 0 Å². The third-order valence-corrected chi connectivity index (χ3v) is 4.84. The van der Waals surface area contributed by atoms with E-state index in [0.29, 0.717) is 0 Å². The molecule has 1 aliphatic heterocycles. The fourth-order valence-corrected chi connectivity index (χ4v) is 3.40. The van der Waals surface area contributed by atoms with Crippen LogP contribution < -0.4 is 0 Å². The molecule has 0 saturated carbocycles. The zero-order chi connectivity index (χ0) is 19.4. The van der Waals surface area contributed by atoms with Crippen molar-refractivity contribution in [1.29, 1.82) is 0 Å². The standard InChI is InChI=1S/C20H24O7/c1-12-19(25-11-17(22)23)18(24)16(9-21)27-20(12)26-10-14-7-4-6-13-5-2-3-8-15(13)14/h2-8,12,16,18-21,24H,9-11H2,1H3,(H,22,23)/t12-,16-,18-,19-,20?/m1/s1. The summed E-state index contributed by atoms with van der Waals surface area (Å²) in [6, 6.07) is 13.9. The molecule has 0 bridgehead atoms. The van der Waals surface area contributed by atoms with E-state index in [1.165, 1.54) is 0 Å². The van der Waals surface area contributed by atoms with Crippen molar-refractivity contribution >= 4 is 16.7 Å². The fourth-order valence-electron chi connectivity index (χ4n) is 3.40. The Balaban J connectivity index is 1.73. The van der Waals surface area contributed by atoms with E-state index in [1.54, 1.807) is 6.92 Å². The lowest BCUT2D eigenvalue weighted by atomic mass is 9.92. The van der Waals surface area contributed by atoms with Crippen LogP contribution in [0.2, 0.25) is 0 Å². The first-order valence-corrected chi connectivity index (χ1v) is 8.87. The summed E-state index contributed by atoms with van der Waals surface area (Å²) in [6.45, 7) is 1.07. The number of fused-ring (bicyclic) bond motifs is 1. The smallest absolute Gasteiger partial charge is 0.329 e. The molecule has 1 heterocycles. The van der Waals surface area contributed by atoms with Crippen LogP contribution in [-0.2, 0) is 25.6 Å². The number of aliphatic hydroxyl groups is 2. The van der Waals surface area contributed by atoms with Crippen LogP contribution >= 0.6 is 0 Å². The summed E-state index contributed by atoms with van der Waals surface area (Å²) in [5.41, 5.74) is 0.985. The molecular formula is C20H24O7. The molecule has 3 N–H and O–H groups in total. The van der Waals surface area contributed by atoms with Crippen LogP contribution in [0.5, 0.6) is 0 Å². The third kappa shape index (κ3) is 4.45. The first-order valence-electron chi connectivity index (χ1n) is 8.87. The summed E-state index contributed by atoms with van der Waals surface area (Å²) in [5, 5.41) is 30.8. The Hall–Kier alpha value is -2.03. The van der Waals surface area contributed by atoms with Gasteiger partial charge >= 0.3 is 5.97 Å². The van der Waals surface area contributed by atoms with Crippen LogP contribution in [0.1, 0.15) is 12.5 Å². The zero-order valence-corrected chi connectivity index (χ0v) is 15.0. The van der Waals surface area contributed by atoms with Gasteiger partial charge in [-0.05, 0) is 16.3 Å². The van der Waals surface area contributed by atoms with Gasteiger partial charge in [-0.1, -0.05) is 49.4 Å². The number of aliphatic hydroxyl groups excluding tert-OH is 2. The van der Waals surface area contributed by atoms with Crippen LogP contribution in [-0.4, -0.2) is 59.1 Å². The van der Waals surface area contributed by atoms with Gasteiger partial charge < -0.3 is 29.5 Å². The number of hydrogen-bond donors (Lipinski definition) is 3. The van der Waals surface area contributed by atoms with Crippen molar-refractivity contribution in [2.75, 3.05) is 13.2 Å². The number of carbonyl (C=O) groups is 1. The second-order valence-corrected chi connectivity index (χ2v) is 6.69. The molecule has 0 amide bonds. The monoisotopic (exact) mass is 376 g/mol. The minimum Gasteiger partial charge on any atom is -0.480 e. The lowest BCUT2D eigenvalue weighted by Gasteiger charge is -2.42. The molecule has 2 aromatic carbocycles. The van der Waals surface area contributed by atoms with Gasteiger partial charge in [0.15, 0.2) is 6.29 Å². The Morgan fingerprint density at radius 1 is 1.15 bits per heavy atom. The van der Waals surface area contributed by atoms with E-state index < -0.39 is 49.7 Å². The van der Waals surface area contributed by atoms with Crippen LogP contribution in [0, 0.1) is 5.92 Å². The molecule has 0 aliphatic carbocycles. The highest BCUT2D eigenvalue weighted by Gasteiger charge is 2.44. The molecule has 7 heteroatoms. The van der Waals surface area contributed by atoms with Crippen molar-refractivity contribution in [3.8, 4) is 0 Å². The van der Waals surface area contributed by atoms with Crippen LogP contribution in [0.4, 0.5) is 0 Å². The molecule has 1 fully saturated rings. The molecule has 1 saturated heterocycles. The molecular weight excluding hydrogens is 352 g/mol. The summed E-state index contributed by atoms with van der Waals surface area (Å²) >= 11 is 0. The lowest BCUT2D eigenvalue weighted by Crippen LogP contribution is -2.56. The Kier molecular flexibility index (Phi) is 6.41. The number of carboxylic acids is 1. The maximum Gasteiger partial charge on any atom is 0.329 e. The second kappa shape index (κ2) is 8.77. The summed E-state index contributed by atoms with van der Waals surface area (Å²) in [4.78, 5) is 10.8. The van der Waals surface area contributed by atoms with E-state index in [9.17, 15) is 15.0 Å². The van der Waals surface area contributed by atoms with Crippen molar-refractivity contribution in [3.63, 3.8) is 0 Å². The molecule has 3 rings (SSSR count). The van der Waals surface area contributed by atoms with Gasteiger partial charge in [-0.25, -0.2) is 4.79 Å². The number of hydrogen-bond acceptors (Lipinski definition) is 6. The lowest BCUT2D eigenvalue weighted by molar-refractivity contribution is -0.292. The summed E-state index contributed by atoms with van der Waals surface area (Å²) in [7, 11) is 0. The SMILES string of the molecule is C[C@H]1C(OCc2cccc3ccccc23)O[C@H](CO)[C@@H](O)[C@@H]1OCC(=O)O. The Morgan fingerprint density at radius 3 is 2.63 bits per heavy atom. The quantitative estimate of drug-likeness (QED) is 0.673. The molecule has 0 radical (unpaired) electrons. The molecule has 27 heavy (non-hydrogen) atoms. The van der Waals surface area contributed by atoms with E-state index in [1.807, 2.05) is 42.5 Å². The predicted molar refractivity (Wildman–Crippen MR) is 97.0 cm³/mol. The van der Waals surface area contributed by atoms with Gasteiger partial charge in [0.2, 0.25) is 0 Å². The summed E-state index contributed by atoms with van der Waals surface area (Å²) < 4.78 is 16.9. The van der Waals surface area contributed by atoms with Crippen molar-refractivity contribution in [3.05, 3.63) is 48.0 Å². The number of rotatable bonds is 7. The van der Waals surface area contributed by atoms with Gasteiger partial charge in [-0.2, -0.15) is 0 Å². The minimum absolute atomic E-state index is 0.274. The maximum atomic E-state index is 10.8. The van der Waals surface area contributed by atoms with Gasteiger partial charge in [-0.3, -0.25) is 0 Å². The van der Waals surface area contributed by atoms with Crippen molar-refractivity contribution in [2.24, 2.45) is 5.92 Å². The van der Waals surface area contributed by atoms with E-state index in [2.05, 4.69) is 0 Å². The van der Waals surface area contributed by atoms with Crippen molar-refractivity contribution < 1.29 is 34.3 Å². The van der Waals surface area contributed by atoms with E-state index in [-0.39, 0.29) is 6.61 Å². The number of ether oxygens (including phenoxy) is 3. The first kappa shape index (κ1) is 19.7. The van der Waals surface area contributed by atoms with Crippen LogP contribution in [0.25, 0.3) is 10.8 Å². The van der Waals surface area contributed by atoms with E-state index in [4.69, 9.17) is 19.3 Å². The topological polar surface area (TPSA) is 105 Å². The summed E-state index contributed by atoms with van der Waals surface area (Å²) in [6.07, 6.45) is -3.60. The molecule has 7 nitrogen and oxygen atoms in total. The third-order valence-electron chi connectivity index (χ3n) is 4.84. The average molecular weight is 376 g/mol. The predicted octanol–water partition coefficient (Wildman–Crippen LogP) is 1.54. The highest BCUT2D eigenvalue weighted by molar-refractivity contribution is 5.85. The van der Waals surface area contributed by atoms with Gasteiger partial charge in [0, 0.05) is 5.92 Å². The second-order valence-electron chi connectivity index (χ2n) is 6.69. The van der Waals surface area contributed by atoms with Crippen LogP contribution in [0.3, 0.4) is 0 Å². The summed E-state index contributed by atoms with van der Waals surface area (Å²) in [5.74, 6) is -1.55. The molecule has 146 valence electrons. The fraction of sp³-hybridized carbons (Fsp3) is 0.450. The Labute approximate surface area is 157 Å². The average Bonchev–Trinajstić information content (AvgIpc) is 2.67. The van der Waals surface area contributed by atoms with Gasteiger partial charge in [0.05, 0.1) is 19.3 Å².